The van der Waals surface area contributed by atoms with Crippen LogP contribution in [0.15, 0.2) is 59.6 Å². The predicted molar refractivity (Wildman–Crippen MR) is 105 cm³/mol. The first-order valence-corrected chi connectivity index (χ1v) is 9.64. The molecule has 150 valence electrons. The molecule has 3 aromatic heterocycles. The number of hydrogen-bond acceptors (Lipinski definition) is 8. The zero-order valence-corrected chi connectivity index (χ0v) is 16.0. The number of carbonyl (C=O) groups excluding carboxylic acids is 1. The van der Waals surface area contributed by atoms with E-state index in [-0.39, 0.29) is 11.9 Å². The maximum Gasteiger partial charge on any atom is 0.280 e. The van der Waals surface area contributed by atoms with Crippen LogP contribution in [-0.4, -0.2) is 59.0 Å². The van der Waals surface area contributed by atoms with Crippen molar-refractivity contribution in [2.24, 2.45) is 0 Å². The molecule has 0 N–H and O–H groups in total. The number of aromatic nitrogens is 7. The van der Waals surface area contributed by atoms with Gasteiger partial charge in [-0.25, -0.2) is 9.67 Å². The first-order valence-electron chi connectivity index (χ1n) is 9.64. The van der Waals surface area contributed by atoms with Crippen molar-refractivity contribution in [2.75, 3.05) is 13.1 Å². The van der Waals surface area contributed by atoms with Crippen molar-refractivity contribution in [3.8, 4) is 23.0 Å². The van der Waals surface area contributed by atoms with Crippen LogP contribution in [0.5, 0.6) is 0 Å². The lowest BCUT2D eigenvalue weighted by Crippen LogP contribution is -2.41. The first kappa shape index (κ1) is 18.1. The summed E-state index contributed by atoms with van der Waals surface area (Å²) in [5, 5.41) is 12.4. The molecule has 0 aliphatic carbocycles. The Labute approximate surface area is 171 Å². The molecule has 10 heteroatoms. The van der Waals surface area contributed by atoms with E-state index < -0.39 is 0 Å². The highest BCUT2D eigenvalue weighted by Crippen LogP contribution is 2.25. The molecular weight excluding hydrogens is 384 g/mol. The summed E-state index contributed by atoms with van der Waals surface area (Å²) in [4.78, 5) is 27.0. The molecule has 1 amide bonds. The lowest BCUT2D eigenvalue weighted by molar-refractivity contribution is 0.0665. The monoisotopic (exact) mass is 402 g/mol. The number of hydrogen-bond donors (Lipinski definition) is 0. The van der Waals surface area contributed by atoms with Gasteiger partial charge in [-0.05, 0) is 12.8 Å². The third kappa shape index (κ3) is 3.54. The molecule has 1 saturated heterocycles. The van der Waals surface area contributed by atoms with E-state index in [0.717, 1.165) is 18.4 Å². The molecule has 4 heterocycles. The molecule has 0 spiro atoms. The number of rotatable bonds is 4. The quantitative estimate of drug-likeness (QED) is 0.510. The van der Waals surface area contributed by atoms with Crippen molar-refractivity contribution < 1.29 is 9.32 Å². The molecule has 1 aliphatic rings. The number of likely N-dealkylation sites (tertiary alicyclic amines) is 1. The predicted octanol–water partition coefficient (Wildman–Crippen LogP) is 2.26. The Bertz CT molecular complexity index is 1140. The summed E-state index contributed by atoms with van der Waals surface area (Å²) in [6, 6.07) is 9.60. The molecule has 4 aromatic rings. The van der Waals surface area contributed by atoms with E-state index in [1.807, 2.05) is 30.3 Å². The highest BCUT2D eigenvalue weighted by atomic mass is 16.5. The molecular formula is C20H18N8O2. The minimum absolute atomic E-state index is 0.0112. The molecule has 10 nitrogen and oxygen atoms in total. The summed E-state index contributed by atoms with van der Waals surface area (Å²) in [6.07, 6.45) is 8.10. The van der Waals surface area contributed by atoms with Crippen molar-refractivity contribution >= 4 is 5.91 Å². The van der Waals surface area contributed by atoms with Gasteiger partial charge in [0.05, 0.1) is 18.4 Å². The molecule has 1 aliphatic heterocycles. The second-order valence-electron chi connectivity index (χ2n) is 7.01. The van der Waals surface area contributed by atoms with Crippen molar-refractivity contribution in [1.82, 2.24) is 40.0 Å². The van der Waals surface area contributed by atoms with E-state index in [1.165, 1.54) is 12.4 Å². The van der Waals surface area contributed by atoms with Gasteiger partial charge in [-0.2, -0.15) is 4.98 Å². The smallest absolute Gasteiger partial charge is 0.280 e. The summed E-state index contributed by atoms with van der Waals surface area (Å²) < 4.78 is 7.13. The fourth-order valence-electron chi connectivity index (χ4n) is 3.51. The third-order valence-corrected chi connectivity index (χ3v) is 5.03. The fraction of sp³-hybridized carbons (Fsp3) is 0.250. The largest absolute Gasteiger partial charge is 0.335 e. The molecule has 1 unspecified atom stereocenters. The minimum Gasteiger partial charge on any atom is -0.335 e. The zero-order valence-electron chi connectivity index (χ0n) is 16.0. The Balaban J connectivity index is 1.32. The van der Waals surface area contributed by atoms with Gasteiger partial charge in [0, 0.05) is 31.0 Å². The Kier molecular flexibility index (Phi) is 4.72. The van der Waals surface area contributed by atoms with Gasteiger partial charge in [-0.15, -0.1) is 5.10 Å². The number of nitrogens with zero attached hydrogens (tertiary/aromatic N) is 8. The molecule has 0 radical (unpaired) electrons. The molecule has 30 heavy (non-hydrogen) atoms. The molecule has 0 bridgehead atoms. The Morgan fingerprint density at radius 1 is 1.17 bits per heavy atom. The summed E-state index contributed by atoms with van der Waals surface area (Å²) in [6.45, 7) is 1.20. The first-order chi connectivity index (χ1) is 14.8. The maximum absolute atomic E-state index is 12.7. The Morgan fingerprint density at radius 2 is 2.07 bits per heavy atom. The van der Waals surface area contributed by atoms with Crippen molar-refractivity contribution in [2.45, 2.75) is 18.9 Å². The Hall–Kier alpha value is -3.95. The Morgan fingerprint density at radius 3 is 2.90 bits per heavy atom. The zero-order chi connectivity index (χ0) is 20.3. The van der Waals surface area contributed by atoms with Gasteiger partial charge in [0.2, 0.25) is 5.82 Å². The summed E-state index contributed by atoms with van der Waals surface area (Å²) in [5.41, 5.74) is 1.71. The highest BCUT2D eigenvalue weighted by molar-refractivity contribution is 5.92. The van der Waals surface area contributed by atoms with Gasteiger partial charge in [-0.1, -0.05) is 40.7 Å². The number of carbonyl (C=O) groups is 1. The van der Waals surface area contributed by atoms with E-state index in [2.05, 4.69) is 30.4 Å². The topological polar surface area (TPSA) is 116 Å². The van der Waals surface area contributed by atoms with Gasteiger partial charge in [0.25, 0.3) is 11.8 Å². The van der Waals surface area contributed by atoms with E-state index >= 15 is 0 Å². The van der Waals surface area contributed by atoms with Gasteiger partial charge in [-0.3, -0.25) is 9.78 Å². The van der Waals surface area contributed by atoms with Crippen LogP contribution in [0.1, 0.15) is 29.4 Å². The molecule has 1 atom stereocenters. The van der Waals surface area contributed by atoms with Gasteiger partial charge in [0.1, 0.15) is 5.69 Å². The van der Waals surface area contributed by atoms with Gasteiger partial charge < -0.3 is 9.42 Å². The van der Waals surface area contributed by atoms with E-state index in [9.17, 15) is 4.79 Å². The van der Waals surface area contributed by atoms with Crippen LogP contribution in [0.25, 0.3) is 23.0 Å². The number of piperidine rings is 1. The normalized spacial score (nSPS) is 16.5. The van der Waals surface area contributed by atoms with Crippen LogP contribution in [0.3, 0.4) is 0 Å². The lowest BCUT2D eigenvalue weighted by Gasteiger charge is -2.32. The SMILES string of the molecule is O=C(c1cnccn1)N1CCCC(n2cc(-c3nc(-c4ccccc4)no3)nn2)C1. The van der Waals surface area contributed by atoms with Crippen LogP contribution in [0.4, 0.5) is 0 Å². The minimum atomic E-state index is -0.127. The van der Waals surface area contributed by atoms with Crippen LogP contribution in [0, 0.1) is 0 Å². The lowest BCUT2D eigenvalue weighted by atomic mass is 10.1. The van der Waals surface area contributed by atoms with Crippen LogP contribution >= 0.6 is 0 Å². The van der Waals surface area contributed by atoms with E-state index in [4.69, 9.17) is 4.52 Å². The maximum atomic E-state index is 12.7. The van der Waals surface area contributed by atoms with Crippen molar-refractivity contribution in [3.63, 3.8) is 0 Å². The van der Waals surface area contributed by atoms with E-state index in [0.29, 0.717) is 36.2 Å². The van der Waals surface area contributed by atoms with Crippen LogP contribution in [0.2, 0.25) is 0 Å². The second-order valence-corrected chi connectivity index (χ2v) is 7.01. The second kappa shape index (κ2) is 7.82. The highest BCUT2D eigenvalue weighted by Gasteiger charge is 2.27. The van der Waals surface area contributed by atoms with Gasteiger partial charge >= 0.3 is 0 Å². The summed E-state index contributed by atoms with van der Waals surface area (Å²) in [5.74, 6) is 0.680. The summed E-state index contributed by atoms with van der Waals surface area (Å²) in [7, 11) is 0. The standard InChI is InChI=1S/C20H18N8O2/c29-20(16-11-21-8-9-22-16)27-10-4-7-15(12-27)28-13-17(24-26-28)19-23-18(25-30-19)14-5-2-1-3-6-14/h1-3,5-6,8-9,11,13,15H,4,7,10,12H2. The van der Waals surface area contributed by atoms with E-state index in [1.54, 1.807) is 22.0 Å². The van der Waals surface area contributed by atoms with Crippen molar-refractivity contribution in [1.29, 1.82) is 0 Å². The molecule has 1 aromatic carbocycles. The summed E-state index contributed by atoms with van der Waals surface area (Å²) >= 11 is 0. The van der Waals surface area contributed by atoms with Crippen molar-refractivity contribution in [3.05, 3.63) is 60.8 Å². The molecule has 5 rings (SSSR count). The van der Waals surface area contributed by atoms with Gasteiger partial charge in [0.15, 0.2) is 5.69 Å². The van der Waals surface area contributed by atoms with Crippen LogP contribution in [-0.2, 0) is 0 Å². The fourth-order valence-corrected chi connectivity index (χ4v) is 3.51. The number of benzene rings is 1. The molecule has 1 fully saturated rings. The number of amides is 1. The average molecular weight is 402 g/mol. The molecule has 0 saturated carbocycles. The third-order valence-electron chi connectivity index (χ3n) is 5.03. The average Bonchev–Trinajstić information content (AvgIpc) is 3.50. The van der Waals surface area contributed by atoms with Crippen LogP contribution < -0.4 is 0 Å².